The number of halogens is 4. The van der Waals surface area contributed by atoms with E-state index in [4.69, 9.17) is 4.74 Å². The Hall–Kier alpha value is -2.98. The lowest BCUT2D eigenvalue weighted by Crippen LogP contribution is -2.24. The van der Waals surface area contributed by atoms with Crippen molar-refractivity contribution in [1.82, 2.24) is 24.4 Å². The number of ether oxygens (including phenoxy) is 1. The minimum absolute atomic E-state index is 0.110. The minimum atomic E-state index is -4.68. The molecule has 1 aliphatic carbocycles. The van der Waals surface area contributed by atoms with Crippen molar-refractivity contribution in [1.29, 1.82) is 0 Å². The van der Waals surface area contributed by atoms with Crippen LogP contribution < -0.4 is 0 Å². The van der Waals surface area contributed by atoms with Gasteiger partial charge in [-0.1, -0.05) is 0 Å². The van der Waals surface area contributed by atoms with Crippen molar-refractivity contribution in [3.8, 4) is 0 Å². The van der Waals surface area contributed by atoms with Gasteiger partial charge in [-0.3, -0.25) is 4.79 Å². The zero-order valence-corrected chi connectivity index (χ0v) is 14.2. The summed E-state index contributed by atoms with van der Waals surface area (Å²) in [5, 5.41) is 7.15. The van der Waals surface area contributed by atoms with Gasteiger partial charge in [-0.25, -0.2) is 9.50 Å². The Balaban J connectivity index is 1.96. The molecule has 2 unspecified atom stereocenters. The first-order valence-electron chi connectivity index (χ1n) is 7.90. The summed E-state index contributed by atoms with van der Waals surface area (Å²) in [5.74, 6) is -2.11. The van der Waals surface area contributed by atoms with Crippen LogP contribution in [0.5, 0.6) is 0 Å². The van der Waals surface area contributed by atoms with Crippen LogP contribution >= 0.6 is 0 Å². The number of hydrogen-bond donors (Lipinski definition) is 0. The summed E-state index contributed by atoms with van der Waals surface area (Å²) in [6.45, 7) is 1.66. The highest BCUT2D eigenvalue weighted by Crippen LogP contribution is 2.50. The van der Waals surface area contributed by atoms with E-state index in [1.165, 1.54) is 17.8 Å². The third-order valence-electron chi connectivity index (χ3n) is 4.96. The zero-order chi connectivity index (χ0) is 19.6. The average molecular weight is 383 g/mol. The van der Waals surface area contributed by atoms with Crippen LogP contribution in [0.25, 0.3) is 5.65 Å². The van der Waals surface area contributed by atoms with Gasteiger partial charge >= 0.3 is 12.3 Å². The van der Waals surface area contributed by atoms with Crippen LogP contribution in [-0.4, -0.2) is 37.5 Å². The van der Waals surface area contributed by atoms with E-state index >= 15 is 0 Å². The lowest BCUT2D eigenvalue weighted by atomic mass is 9.80. The van der Waals surface area contributed by atoms with Gasteiger partial charge in [0.1, 0.15) is 0 Å². The minimum Gasteiger partial charge on any atom is -0.469 e. The van der Waals surface area contributed by atoms with Gasteiger partial charge < -0.3 is 4.74 Å². The smallest absolute Gasteiger partial charge is 0.469 e. The number of nitrogens with zero attached hydrogens (tertiary/aromatic N) is 5. The van der Waals surface area contributed by atoms with Crippen molar-refractivity contribution < 1.29 is 27.1 Å². The van der Waals surface area contributed by atoms with Crippen molar-refractivity contribution in [2.45, 2.75) is 31.0 Å². The van der Waals surface area contributed by atoms with E-state index in [1.807, 2.05) is 0 Å². The monoisotopic (exact) mass is 383 g/mol. The average Bonchev–Trinajstić information content (AvgIpc) is 3.28. The van der Waals surface area contributed by atoms with Crippen LogP contribution in [0.3, 0.4) is 0 Å². The Labute approximate surface area is 149 Å². The molecule has 4 rings (SSSR count). The second-order valence-corrected chi connectivity index (χ2v) is 6.55. The standard InChI is InChI=1S/C16H13F4N5O2/c1-15(8-5-22-24(7-8)16(18,19)20)4-9(14(26)27-2)10-6-21-12-3-11(17)23-25(12)13(10)15/h3,5-7,9H,4H2,1-2H3. The van der Waals surface area contributed by atoms with E-state index in [1.54, 1.807) is 6.92 Å². The highest BCUT2D eigenvalue weighted by atomic mass is 19.4. The number of methoxy groups -OCH3 is 1. The van der Waals surface area contributed by atoms with Gasteiger partial charge in [0.15, 0.2) is 5.65 Å². The SMILES string of the molecule is COC(=O)C1CC(C)(c2cnn(C(F)(F)F)c2)c2c1cnc1cc(F)nn21. The number of rotatable bonds is 2. The number of esters is 1. The number of carbonyl (C=O) groups excluding carboxylic acids is 1. The highest BCUT2D eigenvalue weighted by molar-refractivity contribution is 5.80. The number of fused-ring (bicyclic) bond motifs is 3. The van der Waals surface area contributed by atoms with Crippen molar-refractivity contribution in [2.75, 3.05) is 7.11 Å². The van der Waals surface area contributed by atoms with Gasteiger partial charge in [-0.05, 0) is 13.3 Å². The van der Waals surface area contributed by atoms with Crippen molar-refractivity contribution in [3.63, 3.8) is 0 Å². The van der Waals surface area contributed by atoms with Crippen LogP contribution in [0.2, 0.25) is 0 Å². The Morgan fingerprint density at radius 3 is 2.74 bits per heavy atom. The van der Waals surface area contributed by atoms with Gasteiger partial charge in [-0.2, -0.15) is 14.2 Å². The molecule has 3 aromatic rings. The molecule has 0 bridgehead atoms. The number of alkyl halides is 3. The summed E-state index contributed by atoms with van der Waals surface area (Å²) in [5.41, 5.74) is 0.132. The van der Waals surface area contributed by atoms with Crippen LogP contribution in [0.15, 0.2) is 24.7 Å². The second kappa shape index (κ2) is 5.51. The normalized spacial score (nSPS) is 22.2. The molecular formula is C16H13F4N5O2. The maximum absolute atomic E-state index is 13.7. The quantitative estimate of drug-likeness (QED) is 0.502. The topological polar surface area (TPSA) is 74.3 Å². The van der Waals surface area contributed by atoms with E-state index in [0.29, 0.717) is 11.3 Å². The largest absolute Gasteiger partial charge is 0.504 e. The Bertz CT molecular complexity index is 1060. The predicted molar refractivity (Wildman–Crippen MR) is 82.3 cm³/mol. The summed E-state index contributed by atoms with van der Waals surface area (Å²) in [7, 11) is 1.22. The van der Waals surface area contributed by atoms with Gasteiger partial charge in [0.2, 0.25) is 5.95 Å². The molecule has 142 valence electrons. The fraction of sp³-hybridized carbons (Fsp3) is 0.375. The second-order valence-electron chi connectivity index (χ2n) is 6.55. The van der Waals surface area contributed by atoms with E-state index in [-0.39, 0.29) is 22.3 Å². The van der Waals surface area contributed by atoms with E-state index in [0.717, 1.165) is 18.5 Å². The van der Waals surface area contributed by atoms with Crippen LogP contribution in [-0.2, 0) is 21.2 Å². The third kappa shape index (κ3) is 2.48. The summed E-state index contributed by atoms with van der Waals surface area (Å²) >= 11 is 0. The van der Waals surface area contributed by atoms with Crippen molar-refractivity contribution in [2.24, 2.45) is 0 Å². The van der Waals surface area contributed by atoms with Crippen molar-refractivity contribution >= 4 is 11.6 Å². The summed E-state index contributed by atoms with van der Waals surface area (Å²) in [6.07, 6.45) is -1.21. The molecular weight excluding hydrogens is 370 g/mol. The predicted octanol–water partition coefficient (Wildman–Crippen LogP) is 2.51. The van der Waals surface area contributed by atoms with E-state index in [9.17, 15) is 22.4 Å². The van der Waals surface area contributed by atoms with Gasteiger partial charge in [-0.15, -0.1) is 18.3 Å². The lowest BCUT2D eigenvalue weighted by molar-refractivity contribution is -0.212. The summed E-state index contributed by atoms with van der Waals surface area (Å²) in [4.78, 5) is 16.3. The number of carbonyl (C=O) groups is 1. The molecule has 7 nitrogen and oxygen atoms in total. The molecule has 0 spiro atoms. The van der Waals surface area contributed by atoms with Gasteiger partial charge in [0.05, 0.1) is 24.9 Å². The number of hydrogen-bond acceptors (Lipinski definition) is 5. The summed E-state index contributed by atoms with van der Waals surface area (Å²) < 4.78 is 58.6. The Morgan fingerprint density at radius 2 is 2.11 bits per heavy atom. The van der Waals surface area contributed by atoms with E-state index < -0.39 is 29.6 Å². The van der Waals surface area contributed by atoms with Crippen molar-refractivity contribution in [3.05, 3.63) is 47.4 Å². The first-order chi connectivity index (χ1) is 12.6. The van der Waals surface area contributed by atoms with E-state index in [2.05, 4.69) is 15.2 Å². The van der Waals surface area contributed by atoms with Crippen LogP contribution in [0, 0.1) is 5.95 Å². The molecule has 0 fully saturated rings. The molecule has 1 aliphatic rings. The van der Waals surface area contributed by atoms with Gasteiger partial charge in [0, 0.05) is 35.0 Å². The molecule has 0 aliphatic heterocycles. The third-order valence-corrected chi connectivity index (χ3v) is 4.96. The molecule has 0 saturated carbocycles. The lowest BCUT2D eigenvalue weighted by Gasteiger charge is -2.24. The molecule has 0 amide bonds. The summed E-state index contributed by atoms with van der Waals surface area (Å²) in [6, 6.07) is 1.10. The maximum atomic E-state index is 13.7. The highest BCUT2D eigenvalue weighted by Gasteiger charge is 2.49. The molecule has 2 atom stereocenters. The first-order valence-corrected chi connectivity index (χ1v) is 7.90. The van der Waals surface area contributed by atoms with Crippen LogP contribution in [0.4, 0.5) is 17.6 Å². The molecule has 0 aromatic carbocycles. The van der Waals surface area contributed by atoms with Gasteiger partial charge in [0.25, 0.3) is 0 Å². The molecule has 0 saturated heterocycles. The Morgan fingerprint density at radius 1 is 1.37 bits per heavy atom. The first kappa shape index (κ1) is 17.4. The molecule has 11 heteroatoms. The Kier molecular flexibility index (Phi) is 3.56. The zero-order valence-electron chi connectivity index (χ0n) is 14.2. The number of aromatic nitrogens is 5. The fourth-order valence-electron chi connectivity index (χ4n) is 3.69. The molecule has 0 radical (unpaired) electrons. The molecule has 27 heavy (non-hydrogen) atoms. The molecule has 0 N–H and O–H groups in total. The fourth-order valence-corrected chi connectivity index (χ4v) is 3.69. The maximum Gasteiger partial charge on any atom is 0.504 e. The van der Waals surface area contributed by atoms with Crippen LogP contribution in [0.1, 0.15) is 36.1 Å². The molecule has 3 heterocycles. The molecule has 3 aromatic heterocycles.